The number of rotatable bonds is 13. The van der Waals surface area contributed by atoms with Crippen molar-refractivity contribution in [3.63, 3.8) is 0 Å². The minimum Gasteiger partial charge on any atom is -0.481 e. The van der Waals surface area contributed by atoms with E-state index in [1.54, 1.807) is 24.3 Å². The van der Waals surface area contributed by atoms with Gasteiger partial charge in [0.25, 0.3) is 0 Å². The van der Waals surface area contributed by atoms with Crippen molar-refractivity contribution in [3.05, 3.63) is 48.6 Å². The normalized spacial score (nSPS) is 23.0. The van der Waals surface area contributed by atoms with Gasteiger partial charge in [-0.15, -0.1) is 0 Å². The second-order valence-corrected chi connectivity index (χ2v) is 9.11. The van der Waals surface area contributed by atoms with Crippen molar-refractivity contribution in [3.8, 4) is 0 Å². The molecule has 1 rings (SSSR count). The third kappa shape index (κ3) is 13.2. The Labute approximate surface area is 202 Å². The zero-order valence-electron chi connectivity index (χ0n) is 19.3. The molecule has 0 aromatic carbocycles. The van der Waals surface area contributed by atoms with Gasteiger partial charge in [-0.2, -0.15) is 0 Å². The number of carboxylic acid groups (broad SMARTS) is 1. The van der Waals surface area contributed by atoms with E-state index in [4.69, 9.17) is 19.1 Å². The maximum Gasteiger partial charge on any atom is 0.469 e. The minimum atomic E-state index is -5.06. The van der Waals surface area contributed by atoms with E-state index in [2.05, 4.69) is 0 Å². The van der Waals surface area contributed by atoms with E-state index < -0.39 is 68.6 Å². The second kappa shape index (κ2) is 14.1. The topological polar surface area (TPSA) is 197 Å². The highest BCUT2D eigenvalue weighted by Gasteiger charge is 2.38. The number of hydrogen-bond donors (Lipinski definition) is 5. The number of aliphatic carboxylic acids is 1. The van der Waals surface area contributed by atoms with Crippen LogP contribution in [-0.4, -0.2) is 73.0 Å². The van der Waals surface area contributed by atoms with Gasteiger partial charge in [0.05, 0.1) is 12.5 Å². The number of allylic oxidation sites excluding steroid dienone is 5. The largest absolute Gasteiger partial charge is 0.481 e. The number of cyclic esters (lactones) is 1. The lowest BCUT2D eigenvalue weighted by atomic mass is 9.92. The van der Waals surface area contributed by atoms with Crippen LogP contribution in [0.1, 0.15) is 39.5 Å². The summed E-state index contributed by atoms with van der Waals surface area (Å²) in [5.74, 6) is -3.14. The van der Waals surface area contributed by atoms with Crippen molar-refractivity contribution < 1.29 is 58.1 Å². The molecule has 0 spiro atoms. The van der Waals surface area contributed by atoms with Gasteiger partial charge in [0.15, 0.2) is 0 Å². The summed E-state index contributed by atoms with van der Waals surface area (Å²) in [4.78, 5) is 52.5. The number of esters is 2. The molecular formula is C22H31O12P. The van der Waals surface area contributed by atoms with Gasteiger partial charge in [-0.3, -0.25) is 18.9 Å². The molecule has 12 nitrogen and oxygen atoms in total. The van der Waals surface area contributed by atoms with Crippen molar-refractivity contribution in [2.75, 3.05) is 0 Å². The maximum absolute atomic E-state index is 11.8. The Hall–Kier alpha value is -2.60. The van der Waals surface area contributed by atoms with Gasteiger partial charge in [0, 0.05) is 12.8 Å². The molecule has 1 fully saturated rings. The van der Waals surface area contributed by atoms with Crippen LogP contribution in [0.2, 0.25) is 0 Å². The van der Waals surface area contributed by atoms with E-state index in [1.165, 1.54) is 25.2 Å². The lowest BCUT2D eigenvalue weighted by Gasteiger charge is -2.32. The van der Waals surface area contributed by atoms with Gasteiger partial charge >= 0.3 is 25.7 Å². The molecule has 0 aliphatic carbocycles. The molecule has 5 atom stereocenters. The predicted molar refractivity (Wildman–Crippen MR) is 122 cm³/mol. The molecule has 1 unspecified atom stereocenters. The maximum atomic E-state index is 11.8. The third-order valence-corrected chi connectivity index (χ3v) is 5.17. The second-order valence-electron chi connectivity index (χ2n) is 7.92. The molecule has 1 saturated heterocycles. The quantitative estimate of drug-likeness (QED) is 0.0771. The standard InChI is InChI=1S/C22H31O12P/c1-3-4-5-6-7-8-15(23)11-18(34-35(29,30)31)22(2,28)10-9-16-12-17(13-20(26)32-16)33-21(27)14-19(24)25/h3-10,15-18,23,28H,11-14H2,1-2H3,(H,24,25)(H2,29,30,31)/b4-3+,6-5-,8-7-,10-9+/t15-,16-,17?,18+,22+/m0/s1. The van der Waals surface area contributed by atoms with Crippen molar-refractivity contribution in [2.24, 2.45) is 0 Å². The van der Waals surface area contributed by atoms with E-state index in [9.17, 15) is 38.9 Å². The highest BCUT2D eigenvalue weighted by Crippen LogP contribution is 2.41. The summed E-state index contributed by atoms with van der Waals surface area (Å²) >= 11 is 0. The van der Waals surface area contributed by atoms with Gasteiger partial charge in [-0.25, -0.2) is 4.57 Å². The van der Waals surface area contributed by atoms with E-state index in [-0.39, 0.29) is 12.8 Å². The Bertz CT molecular complexity index is 898. The summed E-state index contributed by atoms with van der Waals surface area (Å²) in [7, 11) is -5.06. The van der Waals surface area contributed by atoms with Gasteiger partial charge in [-0.05, 0) is 19.9 Å². The first-order chi connectivity index (χ1) is 16.2. The third-order valence-electron chi connectivity index (χ3n) is 4.65. The fraction of sp³-hybridized carbons (Fsp3) is 0.500. The molecule has 0 aromatic heterocycles. The van der Waals surface area contributed by atoms with E-state index in [0.29, 0.717) is 0 Å². The summed E-state index contributed by atoms with van der Waals surface area (Å²) in [5, 5.41) is 29.7. The van der Waals surface area contributed by atoms with Crippen LogP contribution in [-0.2, 0) is 32.9 Å². The molecule has 0 radical (unpaired) electrons. The monoisotopic (exact) mass is 518 g/mol. The number of hydrogen-bond acceptors (Lipinski definition) is 9. The summed E-state index contributed by atoms with van der Waals surface area (Å²) < 4.78 is 26.2. The van der Waals surface area contributed by atoms with Crippen LogP contribution in [0.5, 0.6) is 0 Å². The van der Waals surface area contributed by atoms with Crippen LogP contribution in [0, 0.1) is 0 Å². The molecular weight excluding hydrogens is 487 g/mol. The number of aliphatic hydroxyl groups is 2. The van der Waals surface area contributed by atoms with Crippen molar-refractivity contribution in [1.82, 2.24) is 0 Å². The summed E-state index contributed by atoms with van der Waals surface area (Å²) in [5.41, 5.74) is -2.03. The van der Waals surface area contributed by atoms with Crippen LogP contribution in [0.4, 0.5) is 0 Å². The predicted octanol–water partition coefficient (Wildman–Crippen LogP) is 1.30. The van der Waals surface area contributed by atoms with Crippen molar-refractivity contribution >= 4 is 25.7 Å². The first kappa shape index (κ1) is 30.4. The highest BCUT2D eigenvalue weighted by molar-refractivity contribution is 7.46. The average Bonchev–Trinajstić information content (AvgIpc) is 2.69. The van der Waals surface area contributed by atoms with Crippen molar-refractivity contribution in [1.29, 1.82) is 0 Å². The molecule has 0 saturated carbocycles. The van der Waals surface area contributed by atoms with Crippen LogP contribution in [0.15, 0.2) is 48.6 Å². The number of phosphoric ester groups is 1. The van der Waals surface area contributed by atoms with Gasteiger partial charge in [0.1, 0.15) is 30.3 Å². The summed E-state index contributed by atoms with van der Waals surface area (Å²) in [6.07, 6.45) is 5.73. The first-order valence-electron chi connectivity index (χ1n) is 10.6. The number of carboxylic acids is 1. The fourth-order valence-corrected chi connectivity index (χ4v) is 3.68. The molecule has 1 aliphatic heterocycles. The SMILES string of the molecule is C/C=C/C=C\C=C/[C@H](O)C[C@@H](OP(=O)(O)O)[C@](C)(O)/C=C/[C@H]1CC(OC(=O)CC(=O)O)CC(=O)O1. The number of carbonyl (C=O) groups excluding carboxylic acids is 2. The van der Waals surface area contributed by atoms with Crippen LogP contribution < -0.4 is 0 Å². The molecule has 35 heavy (non-hydrogen) atoms. The molecule has 196 valence electrons. The average molecular weight is 518 g/mol. The zero-order valence-corrected chi connectivity index (χ0v) is 20.2. The lowest BCUT2D eigenvalue weighted by Crippen LogP contribution is -2.41. The van der Waals surface area contributed by atoms with Crippen LogP contribution in [0.25, 0.3) is 0 Å². The number of carbonyl (C=O) groups is 3. The van der Waals surface area contributed by atoms with E-state index in [1.807, 2.05) is 6.92 Å². The minimum absolute atomic E-state index is 0.0302. The summed E-state index contributed by atoms with van der Waals surface area (Å²) in [6.45, 7) is 3.00. The lowest BCUT2D eigenvalue weighted by molar-refractivity contribution is -0.167. The molecule has 5 N–H and O–H groups in total. The first-order valence-corrected chi connectivity index (χ1v) is 12.2. The van der Waals surface area contributed by atoms with E-state index in [0.717, 1.165) is 6.08 Å². The van der Waals surface area contributed by atoms with Gasteiger partial charge < -0.3 is 34.6 Å². The Kier molecular flexibility index (Phi) is 12.2. The summed E-state index contributed by atoms with van der Waals surface area (Å²) in [6, 6.07) is 0. The number of aliphatic hydroxyl groups excluding tert-OH is 1. The van der Waals surface area contributed by atoms with Gasteiger partial charge in [0.2, 0.25) is 0 Å². The smallest absolute Gasteiger partial charge is 0.469 e. The highest BCUT2D eigenvalue weighted by atomic mass is 31.2. The zero-order chi connectivity index (χ0) is 26.6. The van der Waals surface area contributed by atoms with Crippen LogP contribution in [0.3, 0.4) is 0 Å². The Morgan fingerprint density at radius 3 is 2.51 bits per heavy atom. The molecule has 0 amide bonds. The molecule has 1 aliphatic rings. The molecule has 13 heteroatoms. The molecule has 1 heterocycles. The molecule has 0 aromatic rings. The Morgan fingerprint density at radius 2 is 1.91 bits per heavy atom. The molecule has 0 bridgehead atoms. The van der Waals surface area contributed by atoms with Crippen LogP contribution >= 0.6 is 7.82 Å². The van der Waals surface area contributed by atoms with Gasteiger partial charge in [-0.1, -0.05) is 42.5 Å². The Morgan fingerprint density at radius 1 is 1.26 bits per heavy atom. The number of ether oxygens (including phenoxy) is 2. The number of phosphoric acid groups is 1. The van der Waals surface area contributed by atoms with E-state index >= 15 is 0 Å². The van der Waals surface area contributed by atoms with Crippen molar-refractivity contribution in [2.45, 2.75) is 69.5 Å². The Balaban J connectivity index is 2.93. The fourth-order valence-electron chi connectivity index (χ4n) is 3.05.